The topological polar surface area (TPSA) is 149 Å². The van der Waals surface area contributed by atoms with Crippen LogP contribution in [0.5, 0.6) is 5.75 Å². The van der Waals surface area contributed by atoms with Gasteiger partial charge in [-0.1, -0.05) is 0 Å². The Morgan fingerprint density at radius 1 is 1.10 bits per heavy atom. The van der Waals surface area contributed by atoms with Gasteiger partial charge in [0, 0.05) is 62.0 Å². The van der Waals surface area contributed by atoms with Gasteiger partial charge in [-0.3, -0.25) is 14.5 Å². The molecule has 4 saturated heterocycles. The fourth-order valence-corrected chi connectivity index (χ4v) is 6.75. The van der Waals surface area contributed by atoms with Crippen molar-refractivity contribution in [2.75, 3.05) is 56.2 Å². The molecule has 2 amide bonds. The summed E-state index contributed by atoms with van der Waals surface area (Å²) >= 11 is 0. The van der Waals surface area contributed by atoms with Gasteiger partial charge >= 0.3 is 0 Å². The van der Waals surface area contributed by atoms with Gasteiger partial charge in [0.25, 0.3) is 0 Å². The third-order valence-corrected chi connectivity index (χ3v) is 9.55. The summed E-state index contributed by atoms with van der Waals surface area (Å²) in [5.74, 6) is 0.532. The Labute approximate surface area is 278 Å². The van der Waals surface area contributed by atoms with Crippen LogP contribution in [0.15, 0.2) is 48.8 Å². The third-order valence-electron chi connectivity index (χ3n) is 9.55. The Morgan fingerprint density at radius 3 is 2.62 bits per heavy atom. The molecule has 2 N–H and O–H groups in total. The monoisotopic (exact) mass is 655 g/mol. The minimum Gasteiger partial charge on any atom is -0.486 e. The van der Waals surface area contributed by atoms with Crippen molar-refractivity contribution in [3.63, 3.8) is 0 Å². The maximum absolute atomic E-state index is 15.2. The van der Waals surface area contributed by atoms with Crippen LogP contribution < -0.4 is 20.3 Å². The number of alkyl halides is 1. The molecule has 13 nitrogen and oxygen atoms in total. The Kier molecular flexibility index (Phi) is 9.05. The van der Waals surface area contributed by atoms with Crippen LogP contribution in [0.4, 0.5) is 21.7 Å². The minimum atomic E-state index is -1.45. The molecular weight excluding hydrogens is 617 g/mol. The van der Waals surface area contributed by atoms with Crippen LogP contribution in [-0.2, 0) is 14.3 Å². The number of nitrogens with zero attached hydrogens (tertiary/aromatic N) is 7. The molecule has 48 heavy (non-hydrogen) atoms. The summed E-state index contributed by atoms with van der Waals surface area (Å²) in [6, 6.07) is 15.6. The molecule has 5 heterocycles. The van der Waals surface area contributed by atoms with E-state index in [9.17, 15) is 14.9 Å². The number of carbonyl (C=O) groups excluding carboxylic acids is 2. The largest absolute Gasteiger partial charge is 0.486 e. The Balaban J connectivity index is 0.964. The molecule has 4 atom stereocenters. The van der Waals surface area contributed by atoms with E-state index in [4.69, 9.17) is 9.47 Å². The zero-order chi connectivity index (χ0) is 33.2. The molecule has 14 heteroatoms. The van der Waals surface area contributed by atoms with Crippen molar-refractivity contribution in [2.45, 2.75) is 56.6 Å². The molecule has 0 saturated carbocycles. The van der Waals surface area contributed by atoms with Crippen molar-refractivity contribution in [2.24, 2.45) is 0 Å². The highest BCUT2D eigenvalue weighted by molar-refractivity contribution is 5.90. The van der Waals surface area contributed by atoms with Crippen molar-refractivity contribution < 1.29 is 23.5 Å². The number of ether oxygens (including phenoxy) is 2. The molecule has 0 aliphatic carbocycles. The lowest BCUT2D eigenvalue weighted by molar-refractivity contribution is -0.138. The Hall–Kier alpha value is -4.87. The summed E-state index contributed by atoms with van der Waals surface area (Å²) in [4.78, 5) is 43.7. The number of amides is 2. The molecule has 2 aromatic carbocycles. The quantitative estimate of drug-likeness (QED) is 0.369. The van der Waals surface area contributed by atoms with Crippen LogP contribution in [-0.4, -0.2) is 113 Å². The zero-order valence-corrected chi connectivity index (χ0v) is 26.7. The van der Waals surface area contributed by atoms with Gasteiger partial charge in [-0.2, -0.15) is 10.2 Å². The number of aromatic nitrogens is 3. The normalized spacial score (nSPS) is 24.8. The number of nitrogens with one attached hydrogen (secondary N) is 2. The molecular formula is C34H38FN9O4. The van der Waals surface area contributed by atoms with E-state index in [0.717, 1.165) is 44.2 Å². The lowest BCUT2D eigenvalue weighted by Gasteiger charge is -2.46. The SMILES string of the molecule is C[C@H]1CN(C2COC2)CCN1c1ccc(Nc2ncnc(-c3ccc(O[C@H]4CCN(C(=O)[C@@H]5CCC(=O)N5)C[C@@H]4F)c(C#N)c3)n2)cc1. The fraction of sp³-hybridized carbons (Fsp3) is 0.471. The summed E-state index contributed by atoms with van der Waals surface area (Å²) in [5, 5.41) is 15.8. The van der Waals surface area contributed by atoms with Gasteiger partial charge in [-0.25, -0.2) is 14.4 Å². The molecule has 7 rings (SSSR count). The number of hydrogen-bond donors (Lipinski definition) is 2. The van der Waals surface area contributed by atoms with Gasteiger partial charge in [0.15, 0.2) is 12.0 Å². The highest BCUT2D eigenvalue weighted by Gasteiger charge is 2.38. The van der Waals surface area contributed by atoms with Crippen molar-refractivity contribution >= 4 is 29.1 Å². The van der Waals surface area contributed by atoms with E-state index >= 15 is 4.39 Å². The van der Waals surface area contributed by atoms with Gasteiger partial charge < -0.3 is 29.9 Å². The van der Waals surface area contributed by atoms with Crippen LogP contribution in [0.1, 0.15) is 31.7 Å². The van der Waals surface area contributed by atoms with E-state index in [2.05, 4.69) is 60.5 Å². The second-order valence-corrected chi connectivity index (χ2v) is 12.8. The smallest absolute Gasteiger partial charge is 0.245 e. The van der Waals surface area contributed by atoms with E-state index < -0.39 is 18.3 Å². The predicted octanol–water partition coefficient (Wildman–Crippen LogP) is 2.66. The number of halogens is 1. The highest BCUT2D eigenvalue weighted by atomic mass is 19.1. The molecule has 0 radical (unpaired) electrons. The van der Waals surface area contributed by atoms with Crippen LogP contribution in [0, 0.1) is 11.3 Å². The summed E-state index contributed by atoms with van der Waals surface area (Å²) < 4.78 is 26.5. The van der Waals surface area contributed by atoms with E-state index in [1.54, 1.807) is 18.2 Å². The summed E-state index contributed by atoms with van der Waals surface area (Å²) in [6.07, 6.45) is 0.120. The van der Waals surface area contributed by atoms with Crippen LogP contribution in [0.2, 0.25) is 0 Å². The van der Waals surface area contributed by atoms with E-state index in [0.29, 0.717) is 48.8 Å². The van der Waals surface area contributed by atoms with Crippen molar-refractivity contribution in [1.29, 1.82) is 5.26 Å². The molecule has 0 bridgehead atoms. The molecule has 1 aromatic heterocycles. The molecule has 4 fully saturated rings. The van der Waals surface area contributed by atoms with Crippen molar-refractivity contribution in [3.8, 4) is 23.2 Å². The number of nitriles is 1. The summed E-state index contributed by atoms with van der Waals surface area (Å²) in [5.41, 5.74) is 2.79. The first-order valence-corrected chi connectivity index (χ1v) is 16.4. The van der Waals surface area contributed by atoms with Gasteiger partial charge in [-0.15, -0.1) is 0 Å². The number of rotatable bonds is 8. The average molecular weight is 656 g/mol. The van der Waals surface area contributed by atoms with E-state index in [-0.39, 0.29) is 36.1 Å². The number of piperazine rings is 1. The first kappa shape index (κ1) is 31.7. The summed E-state index contributed by atoms with van der Waals surface area (Å²) in [6.45, 7) is 7.09. The molecule has 0 spiro atoms. The molecule has 250 valence electrons. The first-order chi connectivity index (χ1) is 23.3. The number of likely N-dealkylation sites (tertiary alicyclic amines) is 1. The number of benzene rings is 2. The fourth-order valence-electron chi connectivity index (χ4n) is 6.75. The van der Waals surface area contributed by atoms with Gasteiger partial charge in [0.1, 0.15) is 30.3 Å². The van der Waals surface area contributed by atoms with Crippen LogP contribution in [0.3, 0.4) is 0 Å². The van der Waals surface area contributed by atoms with Gasteiger partial charge in [0.2, 0.25) is 17.8 Å². The number of piperidine rings is 1. The Bertz CT molecular complexity index is 1700. The third kappa shape index (κ3) is 6.74. The second kappa shape index (κ2) is 13.7. The average Bonchev–Trinajstić information content (AvgIpc) is 3.51. The standard InChI is InChI=1S/C34H38FN9O4/c1-21-16-42(26-18-47-19-26)12-13-44(21)25-5-3-24(4-6-25)39-34-38-20-37-32(41-34)22-2-8-29(23(14-22)15-36)48-30-10-11-43(17-27(30)35)33(46)28-7-9-31(45)40-28/h2-6,8,14,20-21,26-28,30H,7,9-13,16-19H2,1H3,(H,40,45)(H,37,38,39,41)/t21-,27-,28-,30-/m0/s1. The number of carbonyl (C=O) groups is 2. The molecule has 4 aliphatic heterocycles. The molecule has 4 aliphatic rings. The van der Waals surface area contributed by atoms with Gasteiger partial charge in [-0.05, 0) is 55.8 Å². The lowest BCUT2D eigenvalue weighted by atomic mass is 10.0. The molecule has 0 unspecified atom stereocenters. The van der Waals surface area contributed by atoms with Crippen LogP contribution >= 0.6 is 0 Å². The number of anilines is 3. The maximum Gasteiger partial charge on any atom is 0.245 e. The second-order valence-electron chi connectivity index (χ2n) is 12.8. The maximum atomic E-state index is 15.2. The number of hydrogen-bond acceptors (Lipinski definition) is 11. The van der Waals surface area contributed by atoms with Crippen molar-refractivity contribution in [3.05, 3.63) is 54.4 Å². The lowest BCUT2D eigenvalue weighted by Crippen LogP contribution is -2.59. The van der Waals surface area contributed by atoms with Crippen molar-refractivity contribution in [1.82, 2.24) is 30.1 Å². The minimum absolute atomic E-state index is 0.133. The zero-order valence-electron chi connectivity index (χ0n) is 26.7. The Morgan fingerprint density at radius 2 is 1.94 bits per heavy atom. The predicted molar refractivity (Wildman–Crippen MR) is 174 cm³/mol. The van der Waals surface area contributed by atoms with Gasteiger partial charge in [0.05, 0.1) is 31.4 Å². The van der Waals surface area contributed by atoms with E-state index in [1.807, 2.05) is 12.1 Å². The summed E-state index contributed by atoms with van der Waals surface area (Å²) in [7, 11) is 0. The highest BCUT2D eigenvalue weighted by Crippen LogP contribution is 2.30. The van der Waals surface area contributed by atoms with E-state index in [1.165, 1.54) is 11.2 Å². The first-order valence-electron chi connectivity index (χ1n) is 16.4. The van der Waals surface area contributed by atoms with Crippen LogP contribution in [0.25, 0.3) is 11.4 Å². The molecule has 3 aromatic rings.